The van der Waals surface area contributed by atoms with E-state index in [1.54, 1.807) is 7.11 Å². The highest BCUT2D eigenvalue weighted by atomic mass is 19.1. The zero-order valence-electron chi connectivity index (χ0n) is 9.75. The van der Waals surface area contributed by atoms with Crippen LogP contribution < -0.4 is 5.73 Å². The molecule has 92 valence electrons. The maximum atomic E-state index is 13.2. The second-order valence-electron chi connectivity index (χ2n) is 3.91. The van der Waals surface area contributed by atoms with Crippen molar-refractivity contribution < 1.29 is 13.9 Å². The van der Waals surface area contributed by atoms with Gasteiger partial charge in [0.05, 0.1) is 19.3 Å². The molecule has 1 unspecified atom stereocenters. The standard InChI is InChI=1S/C12H20FNO2/c1-15-8-10(7-11(13)5-6-14)3-2-4-12-9-16-12/h5,7,12H,2-4,6,8-9,14H2,1H3/b10-7-,11-5+. The normalized spacial score (nSPS) is 21.3. The van der Waals surface area contributed by atoms with E-state index in [9.17, 15) is 4.39 Å². The molecule has 1 aliphatic heterocycles. The molecule has 0 saturated carbocycles. The van der Waals surface area contributed by atoms with Crippen LogP contribution in [-0.2, 0) is 9.47 Å². The van der Waals surface area contributed by atoms with Gasteiger partial charge in [-0.2, -0.15) is 0 Å². The van der Waals surface area contributed by atoms with Crippen molar-refractivity contribution >= 4 is 0 Å². The summed E-state index contributed by atoms with van der Waals surface area (Å²) < 4.78 is 23.3. The van der Waals surface area contributed by atoms with Gasteiger partial charge in [0, 0.05) is 13.7 Å². The molecule has 16 heavy (non-hydrogen) atoms. The average Bonchev–Trinajstić information content (AvgIpc) is 3.02. The summed E-state index contributed by atoms with van der Waals surface area (Å²) in [7, 11) is 1.61. The van der Waals surface area contributed by atoms with Crippen LogP contribution in [0.2, 0.25) is 0 Å². The van der Waals surface area contributed by atoms with Crippen molar-refractivity contribution in [2.24, 2.45) is 5.73 Å². The molecule has 0 bridgehead atoms. The van der Waals surface area contributed by atoms with Gasteiger partial charge in [0.25, 0.3) is 0 Å². The number of hydrogen-bond donors (Lipinski definition) is 1. The Morgan fingerprint density at radius 2 is 2.38 bits per heavy atom. The predicted molar refractivity (Wildman–Crippen MR) is 61.8 cm³/mol. The summed E-state index contributed by atoms with van der Waals surface area (Å²) in [4.78, 5) is 0. The third-order valence-electron chi connectivity index (χ3n) is 2.41. The van der Waals surface area contributed by atoms with E-state index >= 15 is 0 Å². The Labute approximate surface area is 96.1 Å². The van der Waals surface area contributed by atoms with Crippen molar-refractivity contribution in [3.8, 4) is 0 Å². The zero-order valence-corrected chi connectivity index (χ0v) is 9.75. The Balaban J connectivity index is 2.34. The molecule has 1 atom stereocenters. The predicted octanol–water partition coefficient (Wildman–Crippen LogP) is 1.94. The Hall–Kier alpha value is -0.710. The number of rotatable bonds is 8. The molecular weight excluding hydrogens is 209 g/mol. The van der Waals surface area contributed by atoms with Crippen molar-refractivity contribution in [3.63, 3.8) is 0 Å². The lowest BCUT2D eigenvalue weighted by Gasteiger charge is -2.05. The van der Waals surface area contributed by atoms with E-state index in [4.69, 9.17) is 15.2 Å². The number of nitrogens with two attached hydrogens (primary N) is 1. The van der Waals surface area contributed by atoms with E-state index in [1.807, 2.05) is 0 Å². The molecule has 1 fully saturated rings. The average molecular weight is 229 g/mol. The third kappa shape index (κ3) is 6.00. The van der Waals surface area contributed by atoms with Crippen LogP contribution in [0.25, 0.3) is 0 Å². The SMILES string of the molecule is COC/C(=C\C(F)=C/CN)CCCC1CO1. The highest BCUT2D eigenvalue weighted by molar-refractivity contribution is 5.18. The summed E-state index contributed by atoms with van der Waals surface area (Å²) in [5, 5.41) is 0. The van der Waals surface area contributed by atoms with Crippen LogP contribution in [0.1, 0.15) is 19.3 Å². The lowest BCUT2D eigenvalue weighted by molar-refractivity contribution is 0.222. The molecule has 1 saturated heterocycles. The molecule has 0 aliphatic carbocycles. The Morgan fingerprint density at radius 1 is 1.62 bits per heavy atom. The maximum Gasteiger partial charge on any atom is 0.120 e. The van der Waals surface area contributed by atoms with Crippen molar-refractivity contribution in [3.05, 3.63) is 23.6 Å². The lowest BCUT2D eigenvalue weighted by Crippen LogP contribution is -1.98. The summed E-state index contributed by atoms with van der Waals surface area (Å²) in [6.07, 6.45) is 6.22. The zero-order chi connectivity index (χ0) is 11.8. The fourth-order valence-corrected chi connectivity index (χ4v) is 1.53. The summed E-state index contributed by atoms with van der Waals surface area (Å²) in [5.41, 5.74) is 6.20. The van der Waals surface area contributed by atoms with Gasteiger partial charge in [-0.3, -0.25) is 0 Å². The van der Waals surface area contributed by atoms with Crippen molar-refractivity contribution in [1.82, 2.24) is 0 Å². The topological polar surface area (TPSA) is 47.8 Å². The number of methoxy groups -OCH3 is 1. The van der Waals surface area contributed by atoms with E-state index in [2.05, 4.69) is 0 Å². The van der Waals surface area contributed by atoms with Gasteiger partial charge in [0.2, 0.25) is 0 Å². The monoisotopic (exact) mass is 229 g/mol. The molecule has 0 spiro atoms. The molecular formula is C12H20FNO2. The van der Waals surface area contributed by atoms with Gasteiger partial charge in [-0.05, 0) is 37.0 Å². The van der Waals surface area contributed by atoms with E-state index in [0.29, 0.717) is 12.7 Å². The molecule has 1 heterocycles. The van der Waals surface area contributed by atoms with E-state index in [1.165, 1.54) is 12.2 Å². The molecule has 0 radical (unpaired) electrons. The van der Waals surface area contributed by atoms with E-state index in [0.717, 1.165) is 31.4 Å². The van der Waals surface area contributed by atoms with Gasteiger partial charge >= 0.3 is 0 Å². The fourth-order valence-electron chi connectivity index (χ4n) is 1.53. The minimum Gasteiger partial charge on any atom is -0.380 e. The molecule has 0 aromatic carbocycles. The molecule has 4 heteroatoms. The Kier molecular flexibility index (Phi) is 6.30. The lowest BCUT2D eigenvalue weighted by atomic mass is 10.1. The number of ether oxygens (including phenoxy) is 2. The van der Waals surface area contributed by atoms with Gasteiger partial charge in [-0.25, -0.2) is 4.39 Å². The van der Waals surface area contributed by atoms with Gasteiger partial charge in [-0.1, -0.05) is 0 Å². The number of epoxide rings is 1. The molecule has 0 aromatic heterocycles. The summed E-state index contributed by atoms with van der Waals surface area (Å²) >= 11 is 0. The summed E-state index contributed by atoms with van der Waals surface area (Å²) in [6, 6.07) is 0. The highest BCUT2D eigenvalue weighted by Gasteiger charge is 2.21. The summed E-state index contributed by atoms with van der Waals surface area (Å²) in [6.45, 7) is 1.57. The van der Waals surface area contributed by atoms with Crippen LogP contribution in [0.15, 0.2) is 23.6 Å². The first kappa shape index (κ1) is 13.4. The maximum absolute atomic E-state index is 13.2. The summed E-state index contributed by atoms with van der Waals surface area (Å²) in [5.74, 6) is -0.280. The molecule has 0 amide bonds. The van der Waals surface area contributed by atoms with Crippen molar-refractivity contribution in [1.29, 1.82) is 0 Å². The molecule has 1 aliphatic rings. The largest absolute Gasteiger partial charge is 0.380 e. The number of hydrogen-bond acceptors (Lipinski definition) is 3. The van der Waals surface area contributed by atoms with E-state index < -0.39 is 0 Å². The van der Waals surface area contributed by atoms with Crippen LogP contribution in [-0.4, -0.2) is 33.0 Å². The third-order valence-corrected chi connectivity index (χ3v) is 2.41. The van der Waals surface area contributed by atoms with Crippen LogP contribution >= 0.6 is 0 Å². The molecule has 0 aromatic rings. The van der Waals surface area contributed by atoms with Crippen LogP contribution in [0.5, 0.6) is 0 Å². The highest BCUT2D eigenvalue weighted by Crippen LogP contribution is 2.19. The molecule has 2 N–H and O–H groups in total. The fraction of sp³-hybridized carbons (Fsp3) is 0.667. The first-order valence-corrected chi connectivity index (χ1v) is 5.62. The van der Waals surface area contributed by atoms with Gasteiger partial charge < -0.3 is 15.2 Å². The van der Waals surface area contributed by atoms with E-state index in [-0.39, 0.29) is 12.4 Å². The van der Waals surface area contributed by atoms with Crippen LogP contribution in [0.3, 0.4) is 0 Å². The van der Waals surface area contributed by atoms with Crippen LogP contribution in [0.4, 0.5) is 4.39 Å². The minimum atomic E-state index is -0.280. The van der Waals surface area contributed by atoms with Crippen LogP contribution in [0, 0.1) is 0 Å². The second-order valence-corrected chi connectivity index (χ2v) is 3.91. The minimum absolute atomic E-state index is 0.221. The first-order valence-electron chi connectivity index (χ1n) is 5.62. The smallest absolute Gasteiger partial charge is 0.120 e. The number of allylic oxidation sites excluding steroid dienone is 2. The molecule has 1 rings (SSSR count). The first-order chi connectivity index (χ1) is 7.76. The van der Waals surface area contributed by atoms with Gasteiger partial charge in [0.15, 0.2) is 0 Å². The Morgan fingerprint density at radius 3 is 2.94 bits per heavy atom. The second kappa shape index (κ2) is 7.54. The van der Waals surface area contributed by atoms with Crippen molar-refractivity contribution in [2.45, 2.75) is 25.4 Å². The molecule has 3 nitrogen and oxygen atoms in total. The quantitative estimate of drug-likeness (QED) is 0.511. The van der Waals surface area contributed by atoms with Gasteiger partial charge in [0.1, 0.15) is 5.83 Å². The Bertz CT molecular complexity index is 260. The van der Waals surface area contributed by atoms with Crippen molar-refractivity contribution in [2.75, 3.05) is 26.9 Å². The van der Waals surface area contributed by atoms with Gasteiger partial charge in [-0.15, -0.1) is 0 Å². The number of halogens is 1.